The fourth-order valence-electron chi connectivity index (χ4n) is 2.63. The summed E-state index contributed by atoms with van der Waals surface area (Å²) in [6.07, 6.45) is 6.71. The molecule has 0 aromatic carbocycles. The highest BCUT2D eigenvalue weighted by atomic mass is 16.4. The predicted molar refractivity (Wildman–Crippen MR) is 70.6 cm³/mol. The normalized spacial score (nSPS) is 17.4. The second-order valence-corrected chi connectivity index (χ2v) is 4.87. The Kier molecular flexibility index (Phi) is 4.35. The third-order valence-electron chi connectivity index (χ3n) is 3.61. The van der Waals surface area contributed by atoms with Crippen molar-refractivity contribution in [2.45, 2.75) is 38.1 Å². The number of carboxylic acid groups (broad SMARTS) is 1. The zero-order valence-electron chi connectivity index (χ0n) is 10.7. The van der Waals surface area contributed by atoms with Crippen LogP contribution in [-0.2, 0) is 4.79 Å². The van der Waals surface area contributed by atoms with Gasteiger partial charge in [0.05, 0.1) is 5.69 Å². The van der Waals surface area contributed by atoms with Crippen LogP contribution in [-0.4, -0.2) is 22.1 Å². The van der Waals surface area contributed by atoms with Crippen molar-refractivity contribution in [3.8, 4) is 6.07 Å². The topological polar surface area (TPSA) is 86.0 Å². The quantitative estimate of drug-likeness (QED) is 0.867. The number of nitrogens with one attached hydrogen (secondary N) is 1. The van der Waals surface area contributed by atoms with Gasteiger partial charge in [0.1, 0.15) is 12.1 Å². The van der Waals surface area contributed by atoms with Crippen molar-refractivity contribution in [2.24, 2.45) is 5.92 Å². The Bertz CT molecular complexity index is 490. The van der Waals surface area contributed by atoms with E-state index in [1.54, 1.807) is 12.1 Å². The van der Waals surface area contributed by atoms with E-state index in [9.17, 15) is 9.90 Å². The van der Waals surface area contributed by atoms with Gasteiger partial charge < -0.3 is 10.4 Å². The molecular weight excluding hydrogens is 242 g/mol. The van der Waals surface area contributed by atoms with Crippen LogP contribution in [0.5, 0.6) is 0 Å². The maximum atomic E-state index is 11.4. The molecule has 0 spiro atoms. The molecular formula is C14H17N3O2. The zero-order valence-corrected chi connectivity index (χ0v) is 10.7. The number of hydrogen-bond donors (Lipinski definition) is 2. The Morgan fingerprint density at radius 3 is 2.84 bits per heavy atom. The fraction of sp³-hybridized carbons (Fsp3) is 0.500. The van der Waals surface area contributed by atoms with E-state index in [4.69, 9.17) is 5.26 Å². The minimum Gasteiger partial charge on any atom is -0.480 e. The van der Waals surface area contributed by atoms with E-state index >= 15 is 0 Å². The van der Waals surface area contributed by atoms with Crippen LogP contribution in [0.15, 0.2) is 18.3 Å². The number of anilines is 1. The molecule has 0 aliphatic heterocycles. The van der Waals surface area contributed by atoms with Crippen LogP contribution in [0.25, 0.3) is 0 Å². The van der Waals surface area contributed by atoms with Crippen molar-refractivity contribution in [3.63, 3.8) is 0 Å². The second kappa shape index (κ2) is 6.19. The monoisotopic (exact) mass is 259 g/mol. The molecule has 1 aromatic rings. The summed E-state index contributed by atoms with van der Waals surface area (Å²) >= 11 is 0. The molecule has 100 valence electrons. The van der Waals surface area contributed by atoms with Gasteiger partial charge in [-0.1, -0.05) is 19.3 Å². The summed E-state index contributed by atoms with van der Waals surface area (Å²) < 4.78 is 0. The zero-order chi connectivity index (χ0) is 13.7. The Labute approximate surface area is 112 Å². The Morgan fingerprint density at radius 1 is 1.47 bits per heavy atom. The number of aliphatic carboxylic acids is 1. The van der Waals surface area contributed by atoms with Gasteiger partial charge in [-0.25, -0.2) is 9.78 Å². The fourth-order valence-corrected chi connectivity index (χ4v) is 2.63. The third-order valence-corrected chi connectivity index (χ3v) is 3.61. The summed E-state index contributed by atoms with van der Waals surface area (Å²) in [6.45, 7) is 0. The molecule has 1 aliphatic carbocycles. The maximum Gasteiger partial charge on any atom is 0.326 e. The number of pyridine rings is 1. The van der Waals surface area contributed by atoms with E-state index in [1.165, 1.54) is 12.6 Å². The first-order chi connectivity index (χ1) is 9.22. The van der Waals surface area contributed by atoms with Crippen LogP contribution in [0.2, 0.25) is 0 Å². The first-order valence-corrected chi connectivity index (χ1v) is 6.57. The molecule has 1 aliphatic rings. The summed E-state index contributed by atoms with van der Waals surface area (Å²) in [5, 5.41) is 21.3. The van der Waals surface area contributed by atoms with Gasteiger partial charge in [-0.2, -0.15) is 5.26 Å². The number of carbonyl (C=O) groups is 1. The minimum absolute atomic E-state index is 0.123. The highest BCUT2D eigenvalue weighted by Crippen LogP contribution is 2.28. The van der Waals surface area contributed by atoms with Gasteiger partial charge in [-0.05, 0) is 30.9 Å². The smallest absolute Gasteiger partial charge is 0.326 e. The second-order valence-electron chi connectivity index (χ2n) is 4.87. The summed E-state index contributed by atoms with van der Waals surface area (Å²) in [7, 11) is 0. The van der Waals surface area contributed by atoms with E-state index in [1.807, 2.05) is 6.07 Å². The van der Waals surface area contributed by atoms with E-state index in [0.29, 0.717) is 5.69 Å². The number of nitriles is 1. The molecule has 1 atom stereocenters. The molecule has 19 heavy (non-hydrogen) atoms. The first kappa shape index (κ1) is 13.3. The van der Waals surface area contributed by atoms with Crippen molar-refractivity contribution in [1.29, 1.82) is 5.26 Å². The average molecular weight is 259 g/mol. The number of rotatable bonds is 4. The minimum atomic E-state index is -0.861. The van der Waals surface area contributed by atoms with Crippen LogP contribution >= 0.6 is 0 Å². The van der Waals surface area contributed by atoms with Gasteiger partial charge in [0.15, 0.2) is 5.69 Å². The number of nitrogens with zero attached hydrogens (tertiary/aromatic N) is 2. The first-order valence-electron chi connectivity index (χ1n) is 6.57. The van der Waals surface area contributed by atoms with Crippen LogP contribution < -0.4 is 5.32 Å². The lowest BCUT2D eigenvalue weighted by atomic mass is 9.84. The Hall–Kier alpha value is -2.09. The SMILES string of the molecule is N#Cc1ncccc1NC(C(=O)O)C1CCCCC1. The molecule has 1 unspecified atom stereocenters. The van der Waals surface area contributed by atoms with E-state index < -0.39 is 12.0 Å². The van der Waals surface area contributed by atoms with E-state index in [2.05, 4.69) is 10.3 Å². The van der Waals surface area contributed by atoms with E-state index in [-0.39, 0.29) is 11.6 Å². The Morgan fingerprint density at radius 2 is 2.21 bits per heavy atom. The third kappa shape index (κ3) is 3.22. The van der Waals surface area contributed by atoms with E-state index in [0.717, 1.165) is 25.7 Å². The molecule has 0 amide bonds. The molecule has 1 fully saturated rings. The molecule has 0 bridgehead atoms. The van der Waals surface area contributed by atoms with Crippen LogP contribution in [0.3, 0.4) is 0 Å². The molecule has 0 saturated heterocycles. The van der Waals surface area contributed by atoms with Crippen molar-refractivity contribution in [3.05, 3.63) is 24.0 Å². The number of hydrogen-bond acceptors (Lipinski definition) is 4. The van der Waals surface area contributed by atoms with Crippen LogP contribution in [0, 0.1) is 17.2 Å². The molecule has 5 heteroatoms. The van der Waals surface area contributed by atoms with Crippen molar-refractivity contribution >= 4 is 11.7 Å². The molecule has 5 nitrogen and oxygen atoms in total. The van der Waals surface area contributed by atoms with Crippen LogP contribution in [0.1, 0.15) is 37.8 Å². The number of aromatic nitrogens is 1. The highest BCUT2D eigenvalue weighted by molar-refractivity contribution is 5.78. The molecule has 2 N–H and O–H groups in total. The van der Waals surface area contributed by atoms with Crippen molar-refractivity contribution in [1.82, 2.24) is 4.98 Å². The molecule has 1 saturated carbocycles. The van der Waals surface area contributed by atoms with Crippen molar-refractivity contribution in [2.75, 3.05) is 5.32 Å². The van der Waals surface area contributed by atoms with Gasteiger partial charge >= 0.3 is 5.97 Å². The lowest BCUT2D eigenvalue weighted by Crippen LogP contribution is -2.38. The van der Waals surface area contributed by atoms with Crippen molar-refractivity contribution < 1.29 is 9.90 Å². The largest absolute Gasteiger partial charge is 0.480 e. The summed E-state index contributed by atoms with van der Waals surface area (Å²) in [4.78, 5) is 15.4. The van der Waals surface area contributed by atoms with Gasteiger partial charge in [0.25, 0.3) is 0 Å². The van der Waals surface area contributed by atoms with Crippen LogP contribution in [0.4, 0.5) is 5.69 Å². The summed E-state index contributed by atoms with van der Waals surface area (Å²) in [5.41, 5.74) is 0.743. The average Bonchev–Trinajstić information content (AvgIpc) is 2.45. The van der Waals surface area contributed by atoms with Gasteiger partial charge in [-0.15, -0.1) is 0 Å². The highest BCUT2D eigenvalue weighted by Gasteiger charge is 2.29. The van der Waals surface area contributed by atoms with Gasteiger partial charge in [0, 0.05) is 6.20 Å². The summed E-state index contributed by atoms with van der Waals surface area (Å²) in [6, 6.07) is 4.73. The predicted octanol–water partition coefficient (Wildman–Crippen LogP) is 2.40. The maximum absolute atomic E-state index is 11.4. The lowest BCUT2D eigenvalue weighted by molar-refractivity contribution is -0.139. The van der Waals surface area contributed by atoms with Gasteiger partial charge in [-0.3, -0.25) is 0 Å². The molecule has 1 heterocycles. The lowest BCUT2D eigenvalue weighted by Gasteiger charge is -2.28. The standard InChI is InChI=1S/C14H17N3O2/c15-9-12-11(7-4-8-16-12)17-13(14(18)19)10-5-2-1-3-6-10/h4,7-8,10,13,17H,1-3,5-6H2,(H,18,19). The molecule has 2 rings (SSSR count). The summed E-state index contributed by atoms with van der Waals surface area (Å²) in [5.74, 6) is -0.738. The van der Waals surface area contributed by atoms with Gasteiger partial charge in [0.2, 0.25) is 0 Å². The molecule has 0 radical (unpaired) electrons. The molecule has 1 aromatic heterocycles. The Balaban J connectivity index is 2.16. The number of carboxylic acids is 1.